The second-order valence-corrected chi connectivity index (χ2v) is 5.19. The van der Waals surface area contributed by atoms with E-state index in [0.717, 1.165) is 18.9 Å². The van der Waals surface area contributed by atoms with Crippen molar-refractivity contribution in [3.63, 3.8) is 0 Å². The van der Waals surface area contributed by atoms with Gasteiger partial charge in [-0.15, -0.1) is 0 Å². The largest absolute Gasteiger partial charge is 0.481 e. The van der Waals surface area contributed by atoms with Gasteiger partial charge in [0.05, 0.1) is 7.11 Å². The van der Waals surface area contributed by atoms with Gasteiger partial charge in [0, 0.05) is 18.3 Å². The van der Waals surface area contributed by atoms with Gasteiger partial charge in [-0.2, -0.15) is 0 Å². The minimum atomic E-state index is 0.589. The molecule has 0 aromatic carbocycles. The molecular formula is C15H24N2O. The SMILES string of the molecule is CCNC(CCC1CC1)Cc1ccc(OC)nc1. The molecule has 0 saturated heterocycles. The summed E-state index contributed by atoms with van der Waals surface area (Å²) in [6, 6.07) is 4.65. The Morgan fingerprint density at radius 2 is 2.28 bits per heavy atom. The van der Waals surface area contributed by atoms with Crippen LogP contribution in [-0.4, -0.2) is 24.7 Å². The van der Waals surface area contributed by atoms with Gasteiger partial charge in [-0.3, -0.25) is 0 Å². The number of aromatic nitrogens is 1. The van der Waals surface area contributed by atoms with Crippen molar-refractivity contribution in [2.75, 3.05) is 13.7 Å². The van der Waals surface area contributed by atoms with E-state index < -0.39 is 0 Å². The Labute approximate surface area is 110 Å². The van der Waals surface area contributed by atoms with E-state index in [9.17, 15) is 0 Å². The van der Waals surface area contributed by atoms with Crippen molar-refractivity contribution in [3.05, 3.63) is 23.9 Å². The van der Waals surface area contributed by atoms with Gasteiger partial charge in [0.25, 0.3) is 0 Å². The zero-order valence-electron chi connectivity index (χ0n) is 11.5. The van der Waals surface area contributed by atoms with E-state index in [1.54, 1.807) is 7.11 Å². The van der Waals surface area contributed by atoms with Gasteiger partial charge in [-0.25, -0.2) is 4.98 Å². The van der Waals surface area contributed by atoms with E-state index in [1.165, 1.54) is 31.2 Å². The summed E-state index contributed by atoms with van der Waals surface area (Å²) < 4.78 is 5.08. The van der Waals surface area contributed by atoms with Crippen LogP contribution in [0.5, 0.6) is 5.88 Å². The molecule has 1 atom stereocenters. The lowest BCUT2D eigenvalue weighted by Crippen LogP contribution is -2.31. The summed E-state index contributed by atoms with van der Waals surface area (Å²) in [5.41, 5.74) is 1.29. The molecule has 1 aliphatic rings. The molecule has 0 spiro atoms. The van der Waals surface area contributed by atoms with E-state index in [-0.39, 0.29) is 0 Å². The number of likely N-dealkylation sites (N-methyl/N-ethyl adjacent to an activating group) is 1. The number of rotatable bonds is 8. The van der Waals surface area contributed by atoms with E-state index in [4.69, 9.17) is 4.74 Å². The number of nitrogens with one attached hydrogen (secondary N) is 1. The maximum atomic E-state index is 5.08. The third-order valence-electron chi connectivity index (χ3n) is 3.60. The molecule has 100 valence electrons. The first-order valence-electron chi connectivity index (χ1n) is 7.04. The van der Waals surface area contributed by atoms with E-state index in [2.05, 4.69) is 23.3 Å². The maximum Gasteiger partial charge on any atom is 0.212 e. The maximum absolute atomic E-state index is 5.08. The summed E-state index contributed by atoms with van der Waals surface area (Å²) >= 11 is 0. The number of hydrogen-bond donors (Lipinski definition) is 1. The van der Waals surface area contributed by atoms with Gasteiger partial charge < -0.3 is 10.1 Å². The van der Waals surface area contributed by atoms with Crippen molar-refractivity contribution < 1.29 is 4.74 Å². The molecule has 1 aromatic rings. The van der Waals surface area contributed by atoms with Crippen molar-refractivity contribution >= 4 is 0 Å². The first kappa shape index (κ1) is 13.3. The molecule has 2 rings (SSSR count). The van der Waals surface area contributed by atoms with Gasteiger partial charge in [0.1, 0.15) is 0 Å². The quantitative estimate of drug-likeness (QED) is 0.768. The van der Waals surface area contributed by atoms with Crippen LogP contribution in [0.1, 0.15) is 38.2 Å². The predicted octanol–water partition coefficient (Wildman–Crippen LogP) is 2.80. The summed E-state index contributed by atoms with van der Waals surface area (Å²) in [5, 5.41) is 3.58. The normalized spacial score (nSPS) is 16.6. The zero-order chi connectivity index (χ0) is 12.8. The number of methoxy groups -OCH3 is 1. The second-order valence-electron chi connectivity index (χ2n) is 5.19. The lowest BCUT2D eigenvalue weighted by molar-refractivity contribution is 0.397. The monoisotopic (exact) mass is 248 g/mol. The molecule has 1 saturated carbocycles. The van der Waals surface area contributed by atoms with Crippen LogP contribution >= 0.6 is 0 Å². The summed E-state index contributed by atoms with van der Waals surface area (Å²) in [6.45, 7) is 3.22. The Bertz CT molecular complexity index is 346. The third-order valence-corrected chi connectivity index (χ3v) is 3.60. The predicted molar refractivity (Wildman–Crippen MR) is 73.9 cm³/mol. The highest BCUT2D eigenvalue weighted by Gasteiger charge is 2.22. The first-order chi connectivity index (χ1) is 8.81. The molecule has 0 bridgehead atoms. The number of pyridine rings is 1. The lowest BCUT2D eigenvalue weighted by atomic mass is 10.0. The molecule has 3 heteroatoms. The van der Waals surface area contributed by atoms with Crippen LogP contribution in [0.3, 0.4) is 0 Å². The molecule has 0 radical (unpaired) electrons. The molecule has 1 aliphatic carbocycles. The van der Waals surface area contributed by atoms with Crippen molar-refractivity contribution in [3.8, 4) is 5.88 Å². The van der Waals surface area contributed by atoms with Crippen LogP contribution in [0.4, 0.5) is 0 Å². The van der Waals surface area contributed by atoms with Crippen LogP contribution in [0, 0.1) is 5.92 Å². The Hall–Kier alpha value is -1.09. The molecule has 1 aromatic heterocycles. The van der Waals surface area contributed by atoms with E-state index in [1.807, 2.05) is 12.3 Å². The van der Waals surface area contributed by atoms with Crippen LogP contribution in [-0.2, 0) is 6.42 Å². The molecular weight excluding hydrogens is 224 g/mol. The highest BCUT2D eigenvalue weighted by Crippen LogP contribution is 2.34. The summed E-state index contributed by atoms with van der Waals surface area (Å²) in [4.78, 5) is 4.27. The molecule has 0 amide bonds. The zero-order valence-corrected chi connectivity index (χ0v) is 11.5. The fourth-order valence-electron chi connectivity index (χ4n) is 2.35. The van der Waals surface area contributed by atoms with Crippen molar-refractivity contribution in [1.82, 2.24) is 10.3 Å². The molecule has 1 heterocycles. The van der Waals surface area contributed by atoms with Gasteiger partial charge in [-0.05, 0) is 37.3 Å². The molecule has 1 unspecified atom stereocenters. The Morgan fingerprint density at radius 3 is 2.83 bits per heavy atom. The van der Waals surface area contributed by atoms with Gasteiger partial charge in [0.2, 0.25) is 5.88 Å². The molecule has 1 N–H and O–H groups in total. The van der Waals surface area contributed by atoms with Crippen LogP contribution in [0.2, 0.25) is 0 Å². The highest BCUT2D eigenvalue weighted by atomic mass is 16.5. The summed E-state index contributed by atoms with van der Waals surface area (Å²) in [5.74, 6) is 1.71. The molecule has 18 heavy (non-hydrogen) atoms. The number of ether oxygens (including phenoxy) is 1. The van der Waals surface area contributed by atoms with Gasteiger partial charge in [-0.1, -0.05) is 25.8 Å². The minimum absolute atomic E-state index is 0.589. The summed E-state index contributed by atoms with van der Waals surface area (Å²) in [6.07, 6.45) is 8.55. The van der Waals surface area contributed by atoms with Gasteiger partial charge in [0.15, 0.2) is 0 Å². The Balaban J connectivity index is 1.84. The van der Waals surface area contributed by atoms with Crippen LogP contribution in [0.25, 0.3) is 0 Å². The highest BCUT2D eigenvalue weighted by molar-refractivity contribution is 5.18. The third kappa shape index (κ3) is 4.30. The second kappa shape index (κ2) is 6.74. The summed E-state index contributed by atoms with van der Waals surface area (Å²) in [7, 11) is 1.65. The number of hydrogen-bond acceptors (Lipinski definition) is 3. The van der Waals surface area contributed by atoms with Gasteiger partial charge >= 0.3 is 0 Å². The average Bonchev–Trinajstić information content (AvgIpc) is 3.21. The minimum Gasteiger partial charge on any atom is -0.481 e. The Kier molecular flexibility index (Phi) is 5.00. The smallest absolute Gasteiger partial charge is 0.212 e. The standard InChI is InChI=1S/C15H24N2O/c1-3-16-14(8-6-12-4-5-12)10-13-7-9-15(18-2)17-11-13/h7,9,11-12,14,16H,3-6,8,10H2,1-2H3. The van der Waals surface area contributed by atoms with E-state index in [0.29, 0.717) is 11.9 Å². The molecule has 0 aliphatic heterocycles. The molecule has 3 nitrogen and oxygen atoms in total. The van der Waals surface area contributed by atoms with Crippen LogP contribution < -0.4 is 10.1 Å². The average molecular weight is 248 g/mol. The van der Waals surface area contributed by atoms with Crippen molar-refractivity contribution in [1.29, 1.82) is 0 Å². The Morgan fingerprint density at radius 1 is 1.44 bits per heavy atom. The van der Waals surface area contributed by atoms with Crippen LogP contribution in [0.15, 0.2) is 18.3 Å². The van der Waals surface area contributed by atoms with Crippen molar-refractivity contribution in [2.45, 2.75) is 45.1 Å². The lowest BCUT2D eigenvalue weighted by Gasteiger charge is -2.17. The van der Waals surface area contributed by atoms with E-state index >= 15 is 0 Å². The fourth-order valence-corrected chi connectivity index (χ4v) is 2.35. The molecule has 1 fully saturated rings. The topological polar surface area (TPSA) is 34.1 Å². The van der Waals surface area contributed by atoms with Crippen molar-refractivity contribution in [2.24, 2.45) is 5.92 Å². The first-order valence-corrected chi connectivity index (χ1v) is 7.04. The number of nitrogens with zero attached hydrogens (tertiary/aromatic N) is 1. The fraction of sp³-hybridized carbons (Fsp3) is 0.667.